The van der Waals surface area contributed by atoms with Crippen molar-refractivity contribution in [2.24, 2.45) is 0 Å². The summed E-state index contributed by atoms with van der Waals surface area (Å²) in [5.74, 6) is 2.11. The molecular weight excluding hydrogens is 496 g/mol. The normalized spacial score (nSPS) is 14.9. The highest BCUT2D eigenvalue weighted by molar-refractivity contribution is 6.10. The highest BCUT2D eigenvalue weighted by Crippen LogP contribution is 2.41. The molecule has 1 aromatic heterocycles. The Hall–Kier alpha value is -3.95. The first-order valence-corrected chi connectivity index (χ1v) is 13.2. The fourth-order valence-electron chi connectivity index (χ4n) is 5.33. The number of aliphatic hydroxyl groups is 1. The average molecular weight is 533 g/mol. The zero-order valence-corrected chi connectivity index (χ0v) is 22.7. The van der Waals surface area contributed by atoms with Gasteiger partial charge in [0.2, 0.25) is 5.91 Å². The monoisotopic (exact) mass is 532 g/mol. The van der Waals surface area contributed by atoms with E-state index in [0.29, 0.717) is 18.8 Å². The number of methoxy groups -OCH3 is 2. The van der Waals surface area contributed by atoms with Crippen molar-refractivity contribution in [3.8, 4) is 17.2 Å². The van der Waals surface area contributed by atoms with Gasteiger partial charge in [0.05, 0.1) is 19.7 Å². The molecule has 0 radical (unpaired) electrons. The van der Waals surface area contributed by atoms with Crippen LogP contribution in [0.2, 0.25) is 0 Å². The maximum atomic E-state index is 11.5. The first kappa shape index (κ1) is 26.6. The molecule has 2 heterocycles. The number of H-pyrrole nitrogens is 1. The molecule has 9 nitrogen and oxygen atoms in total. The van der Waals surface area contributed by atoms with Crippen molar-refractivity contribution in [2.45, 2.75) is 19.6 Å². The van der Waals surface area contributed by atoms with E-state index >= 15 is 0 Å². The Kier molecular flexibility index (Phi) is 8.09. The number of fused-ring (bicyclic) bond motifs is 3. The van der Waals surface area contributed by atoms with Crippen molar-refractivity contribution in [1.29, 1.82) is 0 Å². The predicted molar refractivity (Wildman–Crippen MR) is 153 cm³/mol. The van der Waals surface area contributed by atoms with Gasteiger partial charge in [0.1, 0.15) is 29.9 Å². The van der Waals surface area contributed by atoms with Crippen molar-refractivity contribution < 1.29 is 24.1 Å². The molecule has 3 aromatic carbocycles. The zero-order chi connectivity index (χ0) is 27.4. The van der Waals surface area contributed by atoms with E-state index in [-0.39, 0.29) is 12.5 Å². The molecule has 3 N–H and O–H groups in total. The third-order valence-corrected chi connectivity index (χ3v) is 7.21. The Morgan fingerprint density at radius 1 is 0.974 bits per heavy atom. The second kappa shape index (κ2) is 11.8. The molecule has 1 fully saturated rings. The van der Waals surface area contributed by atoms with Gasteiger partial charge in [0.15, 0.2) is 5.75 Å². The number of amides is 1. The number of hydrogen-bond donors (Lipinski definition) is 3. The largest absolute Gasteiger partial charge is 0.494 e. The smallest absolute Gasteiger partial charge is 0.217 e. The quantitative estimate of drug-likeness (QED) is 0.287. The summed E-state index contributed by atoms with van der Waals surface area (Å²) in [6, 6.07) is 18.0. The molecule has 0 aliphatic carbocycles. The lowest BCUT2D eigenvalue weighted by molar-refractivity contribution is -0.119. The van der Waals surface area contributed by atoms with E-state index in [2.05, 4.69) is 32.2 Å². The minimum Gasteiger partial charge on any atom is -0.494 e. The molecule has 1 aliphatic rings. The van der Waals surface area contributed by atoms with Crippen LogP contribution in [0.1, 0.15) is 12.5 Å². The van der Waals surface area contributed by atoms with Gasteiger partial charge < -0.3 is 34.5 Å². The molecule has 1 amide bonds. The van der Waals surface area contributed by atoms with Crippen molar-refractivity contribution in [3.05, 3.63) is 60.2 Å². The van der Waals surface area contributed by atoms with Gasteiger partial charge in [-0.25, -0.2) is 0 Å². The van der Waals surface area contributed by atoms with Gasteiger partial charge in [-0.05, 0) is 30.3 Å². The number of β-amino-alcohol motifs (C(OH)–C–C–N with tert-alkyl or cyclic N) is 1. The third kappa shape index (κ3) is 5.74. The van der Waals surface area contributed by atoms with E-state index in [4.69, 9.17) is 14.2 Å². The van der Waals surface area contributed by atoms with Crippen molar-refractivity contribution in [2.75, 3.05) is 58.5 Å². The van der Waals surface area contributed by atoms with Gasteiger partial charge in [-0.2, -0.15) is 0 Å². The summed E-state index contributed by atoms with van der Waals surface area (Å²) in [6.45, 7) is 5.66. The molecule has 39 heavy (non-hydrogen) atoms. The molecule has 0 saturated carbocycles. The predicted octanol–water partition coefficient (Wildman–Crippen LogP) is 3.54. The number of anilines is 1. The van der Waals surface area contributed by atoms with Crippen LogP contribution in [-0.2, 0) is 11.3 Å². The van der Waals surface area contributed by atoms with E-state index in [9.17, 15) is 9.90 Å². The van der Waals surface area contributed by atoms with E-state index in [1.54, 1.807) is 14.2 Å². The molecule has 0 spiro atoms. The molecule has 9 heteroatoms. The zero-order valence-electron chi connectivity index (χ0n) is 22.7. The number of nitrogens with one attached hydrogen (secondary N) is 2. The van der Waals surface area contributed by atoms with Gasteiger partial charge in [-0.1, -0.05) is 24.3 Å². The van der Waals surface area contributed by atoms with E-state index in [1.807, 2.05) is 42.5 Å². The van der Waals surface area contributed by atoms with Crippen molar-refractivity contribution in [1.82, 2.24) is 15.2 Å². The van der Waals surface area contributed by atoms with Gasteiger partial charge in [-0.3, -0.25) is 9.69 Å². The second-order valence-corrected chi connectivity index (χ2v) is 9.82. The van der Waals surface area contributed by atoms with Crippen LogP contribution in [0.15, 0.2) is 54.6 Å². The van der Waals surface area contributed by atoms with Crippen LogP contribution >= 0.6 is 0 Å². The number of carbonyl (C=O) groups is 1. The minimum atomic E-state index is -0.623. The van der Waals surface area contributed by atoms with Gasteiger partial charge >= 0.3 is 0 Å². The first-order valence-electron chi connectivity index (χ1n) is 13.2. The Morgan fingerprint density at radius 3 is 2.49 bits per heavy atom. The van der Waals surface area contributed by atoms with E-state index < -0.39 is 6.10 Å². The van der Waals surface area contributed by atoms with Crippen LogP contribution in [0.3, 0.4) is 0 Å². The van der Waals surface area contributed by atoms with Crippen LogP contribution in [0.5, 0.6) is 17.2 Å². The maximum Gasteiger partial charge on any atom is 0.217 e. The fraction of sp³-hybridized carbons (Fsp3) is 0.367. The van der Waals surface area contributed by atoms with E-state index in [0.717, 1.165) is 70.7 Å². The topological polar surface area (TPSA) is 99.3 Å². The van der Waals surface area contributed by atoms with Gasteiger partial charge in [-0.15, -0.1) is 0 Å². The lowest BCUT2D eigenvalue weighted by Gasteiger charge is -2.38. The molecule has 1 saturated heterocycles. The summed E-state index contributed by atoms with van der Waals surface area (Å²) in [5, 5.41) is 15.8. The molecule has 206 valence electrons. The molecule has 1 atom stereocenters. The molecule has 4 aromatic rings. The average Bonchev–Trinajstić information content (AvgIpc) is 3.34. The van der Waals surface area contributed by atoms with E-state index in [1.165, 1.54) is 6.92 Å². The number of aromatic amines is 1. The Labute approximate surface area is 228 Å². The molecule has 0 bridgehead atoms. The summed E-state index contributed by atoms with van der Waals surface area (Å²) in [4.78, 5) is 19.4. The maximum absolute atomic E-state index is 11.5. The van der Waals surface area contributed by atoms with Crippen LogP contribution in [-0.4, -0.2) is 80.6 Å². The summed E-state index contributed by atoms with van der Waals surface area (Å²) in [6.07, 6.45) is -0.623. The number of carbonyl (C=O) groups excluding carboxylic acids is 1. The number of nitrogens with zero attached hydrogens (tertiary/aromatic N) is 2. The summed E-state index contributed by atoms with van der Waals surface area (Å²) in [5.41, 5.74) is 3.86. The Bertz CT molecular complexity index is 1440. The van der Waals surface area contributed by atoms with Crippen LogP contribution in [0, 0.1) is 0 Å². The van der Waals surface area contributed by atoms with Crippen molar-refractivity contribution >= 4 is 33.4 Å². The number of aromatic nitrogens is 1. The Balaban J connectivity index is 1.21. The summed E-state index contributed by atoms with van der Waals surface area (Å²) >= 11 is 0. The molecular formula is C30H36N4O5. The number of hydrogen-bond acceptors (Lipinski definition) is 7. The standard InChI is InChI=1S/C30H36N4O5/c1-20(35)31-17-21-11-12-27(37-2)29(30(21)38-3)34-15-13-33(14-16-34)18-22(36)19-39-26-10-6-9-25-28(26)23-7-4-5-8-24(23)32-25/h4-12,22,32,36H,13-19H2,1-3H3,(H,31,35). The summed E-state index contributed by atoms with van der Waals surface area (Å²) < 4.78 is 17.6. The number of para-hydroxylation sites is 1. The SMILES string of the molecule is COc1ccc(CNC(C)=O)c(OC)c1N1CCN(CC(O)COc2cccc3[nH]c4ccccc4c23)CC1. The number of benzene rings is 3. The van der Waals surface area contributed by atoms with Crippen LogP contribution < -0.4 is 24.4 Å². The number of ether oxygens (including phenoxy) is 3. The van der Waals surface area contributed by atoms with Crippen LogP contribution in [0.4, 0.5) is 5.69 Å². The number of piperazine rings is 1. The molecule has 1 unspecified atom stereocenters. The summed E-state index contributed by atoms with van der Waals surface area (Å²) in [7, 11) is 3.29. The fourth-order valence-corrected chi connectivity index (χ4v) is 5.33. The third-order valence-electron chi connectivity index (χ3n) is 7.21. The highest BCUT2D eigenvalue weighted by atomic mass is 16.5. The number of rotatable bonds is 10. The highest BCUT2D eigenvalue weighted by Gasteiger charge is 2.26. The van der Waals surface area contributed by atoms with Gasteiger partial charge in [0.25, 0.3) is 0 Å². The van der Waals surface area contributed by atoms with Gasteiger partial charge in [0, 0.05) is 68.0 Å². The Morgan fingerprint density at radius 2 is 1.74 bits per heavy atom. The second-order valence-electron chi connectivity index (χ2n) is 9.82. The van der Waals surface area contributed by atoms with Crippen molar-refractivity contribution in [3.63, 3.8) is 0 Å². The lowest BCUT2D eigenvalue weighted by atomic mass is 10.1. The minimum absolute atomic E-state index is 0.0938. The molecule has 1 aliphatic heterocycles. The van der Waals surface area contributed by atoms with Crippen LogP contribution in [0.25, 0.3) is 21.8 Å². The number of aliphatic hydroxyl groups excluding tert-OH is 1. The first-order chi connectivity index (χ1) is 19.0. The lowest BCUT2D eigenvalue weighted by Crippen LogP contribution is -2.49. The molecule has 5 rings (SSSR count).